The standard InChI is InChI=1S/C25H29FN2O/c26-24(17-28)3-1-2-19-4-6-21(7-5-19)18-29-25-14-12-23(13-15-25)22-10-8-20(16-27)9-11-22/h1-3,8-11,19,21,23,25H,4-7,12-15,18H2/b2-1+,24-3-. The van der Waals surface area contributed by atoms with Gasteiger partial charge in [0, 0.05) is 6.61 Å². The number of halogens is 1. The lowest BCUT2D eigenvalue weighted by Gasteiger charge is -2.32. The summed E-state index contributed by atoms with van der Waals surface area (Å²) < 4.78 is 19.0. The Labute approximate surface area is 173 Å². The molecule has 0 radical (unpaired) electrons. The summed E-state index contributed by atoms with van der Waals surface area (Å²) in [7, 11) is 0. The molecule has 0 saturated heterocycles. The van der Waals surface area contributed by atoms with Gasteiger partial charge in [-0.3, -0.25) is 0 Å². The zero-order chi connectivity index (χ0) is 20.5. The summed E-state index contributed by atoms with van der Waals surface area (Å²) >= 11 is 0. The molecular formula is C25H29FN2O. The van der Waals surface area contributed by atoms with E-state index in [-0.39, 0.29) is 0 Å². The van der Waals surface area contributed by atoms with Crippen LogP contribution in [-0.2, 0) is 4.74 Å². The van der Waals surface area contributed by atoms with Crippen molar-refractivity contribution >= 4 is 0 Å². The number of nitriles is 2. The van der Waals surface area contributed by atoms with Crippen molar-refractivity contribution in [3.63, 3.8) is 0 Å². The molecule has 0 N–H and O–H groups in total. The molecule has 3 nitrogen and oxygen atoms in total. The highest BCUT2D eigenvalue weighted by Crippen LogP contribution is 2.35. The molecule has 0 bridgehead atoms. The Hall–Kier alpha value is -2.43. The van der Waals surface area contributed by atoms with Crippen LogP contribution in [0.3, 0.4) is 0 Å². The van der Waals surface area contributed by atoms with E-state index in [4.69, 9.17) is 15.3 Å². The number of benzene rings is 1. The normalized spacial score (nSPS) is 28.0. The van der Waals surface area contributed by atoms with Gasteiger partial charge in [0.15, 0.2) is 5.83 Å². The molecule has 0 spiro atoms. The third kappa shape index (κ3) is 6.55. The lowest BCUT2D eigenvalue weighted by Crippen LogP contribution is -2.25. The molecule has 0 amide bonds. The molecule has 1 aromatic rings. The molecular weight excluding hydrogens is 363 g/mol. The lowest BCUT2D eigenvalue weighted by molar-refractivity contribution is -0.00337. The number of nitrogens with zero attached hydrogens (tertiary/aromatic N) is 2. The number of ether oxygens (including phenoxy) is 1. The van der Waals surface area contributed by atoms with Crippen molar-refractivity contribution in [2.75, 3.05) is 6.61 Å². The van der Waals surface area contributed by atoms with Crippen LogP contribution in [0.2, 0.25) is 0 Å². The minimum Gasteiger partial charge on any atom is -0.378 e. The average molecular weight is 393 g/mol. The Kier molecular flexibility index (Phi) is 8.03. The predicted octanol–water partition coefficient (Wildman–Crippen LogP) is 6.34. The van der Waals surface area contributed by atoms with Crippen molar-refractivity contribution < 1.29 is 9.13 Å². The maximum absolute atomic E-state index is 12.8. The fourth-order valence-corrected chi connectivity index (χ4v) is 4.55. The molecule has 0 heterocycles. The summed E-state index contributed by atoms with van der Waals surface area (Å²) in [5.74, 6) is 0.959. The van der Waals surface area contributed by atoms with Crippen LogP contribution in [0.4, 0.5) is 4.39 Å². The van der Waals surface area contributed by atoms with Crippen LogP contribution >= 0.6 is 0 Å². The van der Waals surface area contributed by atoms with Crippen LogP contribution in [0.5, 0.6) is 0 Å². The maximum atomic E-state index is 12.8. The van der Waals surface area contributed by atoms with Gasteiger partial charge in [0.2, 0.25) is 0 Å². The zero-order valence-electron chi connectivity index (χ0n) is 16.9. The summed E-state index contributed by atoms with van der Waals surface area (Å²) in [6.07, 6.45) is 14.4. The van der Waals surface area contributed by atoms with Crippen LogP contribution in [-0.4, -0.2) is 12.7 Å². The molecule has 0 atom stereocenters. The van der Waals surface area contributed by atoms with E-state index in [9.17, 15) is 4.39 Å². The summed E-state index contributed by atoms with van der Waals surface area (Å²) in [5.41, 5.74) is 2.07. The topological polar surface area (TPSA) is 56.8 Å². The molecule has 2 aliphatic carbocycles. The van der Waals surface area contributed by atoms with Crippen molar-refractivity contribution in [2.45, 2.75) is 63.4 Å². The van der Waals surface area contributed by atoms with Crippen LogP contribution in [0.15, 0.2) is 48.3 Å². The largest absolute Gasteiger partial charge is 0.378 e. The van der Waals surface area contributed by atoms with Crippen molar-refractivity contribution in [2.24, 2.45) is 11.8 Å². The van der Waals surface area contributed by atoms with Crippen molar-refractivity contribution in [1.82, 2.24) is 0 Å². The first-order valence-electron chi connectivity index (χ1n) is 10.7. The molecule has 1 aromatic carbocycles. The SMILES string of the molecule is N#C/C(F)=C/C=C/C1CCC(COC2CCC(c3ccc(C#N)cc3)CC2)CC1. The number of hydrogen-bond acceptors (Lipinski definition) is 3. The monoisotopic (exact) mass is 392 g/mol. The van der Waals surface area contributed by atoms with Crippen molar-refractivity contribution in [1.29, 1.82) is 10.5 Å². The second kappa shape index (κ2) is 10.9. The van der Waals surface area contributed by atoms with Crippen molar-refractivity contribution in [3.8, 4) is 12.1 Å². The van der Waals surface area contributed by atoms with Crippen LogP contribution in [0, 0.1) is 34.5 Å². The van der Waals surface area contributed by atoms with Crippen LogP contribution < -0.4 is 0 Å². The van der Waals surface area contributed by atoms with Gasteiger partial charge in [-0.1, -0.05) is 24.3 Å². The van der Waals surface area contributed by atoms with E-state index >= 15 is 0 Å². The first kappa shape index (κ1) is 21.3. The highest BCUT2D eigenvalue weighted by molar-refractivity contribution is 5.33. The van der Waals surface area contributed by atoms with E-state index < -0.39 is 5.83 Å². The summed E-state index contributed by atoms with van der Waals surface area (Å²) in [6.45, 7) is 0.853. The predicted molar refractivity (Wildman–Crippen MR) is 111 cm³/mol. The third-order valence-corrected chi connectivity index (χ3v) is 6.38. The molecule has 29 heavy (non-hydrogen) atoms. The first-order chi connectivity index (χ1) is 14.2. The van der Waals surface area contributed by atoms with E-state index in [0.717, 1.165) is 63.5 Å². The highest BCUT2D eigenvalue weighted by atomic mass is 19.1. The van der Waals surface area contributed by atoms with Gasteiger partial charge in [0.25, 0.3) is 0 Å². The number of hydrogen-bond donors (Lipinski definition) is 0. The molecule has 2 aliphatic rings. The molecule has 4 heteroatoms. The second-order valence-electron chi connectivity index (χ2n) is 8.33. The summed E-state index contributed by atoms with van der Waals surface area (Å²) in [5, 5.41) is 17.3. The van der Waals surface area contributed by atoms with E-state index in [0.29, 0.717) is 23.9 Å². The smallest absolute Gasteiger partial charge is 0.199 e. The van der Waals surface area contributed by atoms with E-state index in [2.05, 4.69) is 18.2 Å². The Morgan fingerprint density at radius 3 is 2.31 bits per heavy atom. The van der Waals surface area contributed by atoms with Crippen LogP contribution in [0.25, 0.3) is 0 Å². The fourth-order valence-electron chi connectivity index (χ4n) is 4.55. The maximum Gasteiger partial charge on any atom is 0.199 e. The molecule has 152 valence electrons. The zero-order valence-corrected chi connectivity index (χ0v) is 16.9. The Morgan fingerprint density at radius 2 is 1.69 bits per heavy atom. The highest BCUT2D eigenvalue weighted by Gasteiger charge is 2.25. The average Bonchev–Trinajstić information content (AvgIpc) is 2.79. The lowest BCUT2D eigenvalue weighted by atomic mass is 9.81. The van der Waals surface area contributed by atoms with Gasteiger partial charge < -0.3 is 4.74 Å². The Morgan fingerprint density at radius 1 is 1.00 bits per heavy atom. The van der Waals surface area contributed by atoms with Gasteiger partial charge in [0.1, 0.15) is 6.07 Å². The van der Waals surface area contributed by atoms with E-state index in [1.54, 1.807) is 6.08 Å². The minimum atomic E-state index is -0.739. The first-order valence-corrected chi connectivity index (χ1v) is 10.7. The Balaban J connectivity index is 1.34. The molecule has 0 unspecified atom stereocenters. The second-order valence-corrected chi connectivity index (χ2v) is 8.33. The number of allylic oxidation sites excluding steroid dienone is 4. The molecule has 3 rings (SSSR count). The van der Waals surface area contributed by atoms with Gasteiger partial charge in [-0.2, -0.15) is 14.9 Å². The molecule has 2 fully saturated rings. The van der Waals surface area contributed by atoms with E-state index in [1.807, 2.05) is 18.2 Å². The van der Waals surface area contributed by atoms with Gasteiger partial charge >= 0.3 is 0 Å². The van der Waals surface area contributed by atoms with Crippen LogP contribution in [0.1, 0.15) is 68.4 Å². The third-order valence-electron chi connectivity index (χ3n) is 6.38. The Bertz CT molecular complexity index is 784. The van der Waals surface area contributed by atoms with Gasteiger partial charge in [-0.15, -0.1) is 0 Å². The van der Waals surface area contributed by atoms with Gasteiger partial charge in [-0.25, -0.2) is 0 Å². The summed E-state index contributed by atoms with van der Waals surface area (Å²) in [6, 6.07) is 11.7. The molecule has 0 aliphatic heterocycles. The summed E-state index contributed by atoms with van der Waals surface area (Å²) in [4.78, 5) is 0. The number of rotatable bonds is 6. The fraction of sp³-hybridized carbons (Fsp3) is 0.520. The van der Waals surface area contributed by atoms with E-state index in [1.165, 1.54) is 17.7 Å². The van der Waals surface area contributed by atoms with Gasteiger partial charge in [-0.05, 0) is 92.9 Å². The van der Waals surface area contributed by atoms with Crippen molar-refractivity contribution in [3.05, 3.63) is 59.4 Å². The molecule has 0 aromatic heterocycles. The van der Waals surface area contributed by atoms with Gasteiger partial charge in [0.05, 0.1) is 17.7 Å². The quantitative estimate of drug-likeness (QED) is 0.419. The molecule has 2 saturated carbocycles. The minimum absolute atomic E-state index is 0.376.